The highest BCUT2D eigenvalue weighted by Crippen LogP contribution is 2.05. The zero-order valence-corrected chi connectivity index (χ0v) is 9.07. The first kappa shape index (κ1) is 11.1. The number of rotatable bonds is 7. The van der Waals surface area contributed by atoms with Crippen LogP contribution in [0.5, 0.6) is 0 Å². The third-order valence-corrected chi connectivity index (χ3v) is 3.74. The molecule has 1 aliphatic rings. The molecule has 1 atom stereocenters. The van der Waals surface area contributed by atoms with Gasteiger partial charge in [-0.1, -0.05) is 0 Å². The molecule has 0 aromatic carbocycles. The van der Waals surface area contributed by atoms with E-state index >= 15 is 0 Å². The standard InChI is InChI=1S/C9H19NO2S/c1-2-12-4-3-5-13(11)8-9-6-10-7-9/h9-10H,2-8H2,1H3. The van der Waals surface area contributed by atoms with Gasteiger partial charge in [-0.25, -0.2) is 0 Å². The van der Waals surface area contributed by atoms with Gasteiger partial charge < -0.3 is 10.1 Å². The van der Waals surface area contributed by atoms with E-state index in [-0.39, 0.29) is 0 Å². The molecule has 1 heterocycles. The first-order valence-corrected chi connectivity index (χ1v) is 6.45. The fourth-order valence-corrected chi connectivity index (χ4v) is 2.65. The second-order valence-electron chi connectivity index (χ2n) is 3.39. The average molecular weight is 205 g/mol. The van der Waals surface area contributed by atoms with E-state index in [0.717, 1.165) is 44.2 Å². The molecule has 1 N–H and O–H groups in total. The molecule has 1 aliphatic heterocycles. The van der Waals surface area contributed by atoms with E-state index in [4.69, 9.17) is 4.74 Å². The minimum Gasteiger partial charge on any atom is -0.382 e. The molecule has 1 unspecified atom stereocenters. The van der Waals surface area contributed by atoms with Gasteiger partial charge in [-0.15, -0.1) is 0 Å². The van der Waals surface area contributed by atoms with E-state index in [2.05, 4.69) is 5.32 Å². The molecule has 4 heteroatoms. The molecule has 3 nitrogen and oxygen atoms in total. The van der Waals surface area contributed by atoms with Gasteiger partial charge in [0.1, 0.15) is 0 Å². The maximum absolute atomic E-state index is 11.4. The molecule has 1 rings (SSSR count). The van der Waals surface area contributed by atoms with Gasteiger partial charge >= 0.3 is 0 Å². The Morgan fingerprint density at radius 1 is 1.54 bits per heavy atom. The van der Waals surface area contributed by atoms with E-state index in [0.29, 0.717) is 5.92 Å². The van der Waals surface area contributed by atoms with Gasteiger partial charge in [0.15, 0.2) is 0 Å². The molecule has 0 aromatic rings. The van der Waals surface area contributed by atoms with Crippen molar-refractivity contribution in [3.63, 3.8) is 0 Å². The van der Waals surface area contributed by atoms with Crippen LogP contribution in [0.1, 0.15) is 13.3 Å². The zero-order valence-electron chi connectivity index (χ0n) is 8.25. The monoisotopic (exact) mass is 205 g/mol. The van der Waals surface area contributed by atoms with Gasteiger partial charge in [-0.05, 0) is 19.3 Å². The Labute approximate surface area is 82.7 Å². The summed E-state index contributed by atoms with van der Waals surface area (Å²) in [7, 11) is -0.622. The van der Waals surface area contributed by atoms with Crippen molar-refractivity contribution in [2.45, 2.75) is 13.3 Å². The van der Waals surface area contributed by atoms with Gasteiger partial charge in [0, 0.05) is 48.6 Å². The minimum atomic E-state index is -0.622. The largest absolute Gasteiger partial charge is 0.382 e. The second kappa shape index (κ2) is 6.51. The van der Waals surface area contributed by atoms with Crippen LogP contribution in [0.15, 0.2) is 0 Å². The highest BCUT2D eigenvalue weighted by molar-refractivity contribution is 7.84. The van der Waals surface area contributed by atoms with Gasteiger partial charge in [0.2, 0.25) is 0 Å². The fourth-order valence-electron chi connectivity index (χ4n) is 1.28. The topological polar surface area (TPSA) is 38.3 Å². The summed E-state index contributed by atoms with van der Waals surface area (Å²) < 4.78 is 16.6. The third kappa shape index (κ3) is 4.74. The summed E-state index contributed by atoms with van der Waals surface area (Å²) in [6.45, 7) is 5.61. The summed E-state index contributed by atoms with van der Waals surface area (Å²) in [6, 6.07) is 0. The van der Waals surface area contributed by atoms with Crippen LogP contribution in [-0.4, -0.2) is 42.0 Å². The number of ether oxygens (including phenoxy) is 1. The Hall–Kier alpha value is 0.0700. The molecule has 1 saturated heterocycles. The summed E-state index contributed by atoms with van der Waals surface area (Å²) in [6.07, 6.45) is 0.931. The van der Waals surface area contributed by atoms with E-state index < -0.39 is 10.8 Å². The Morgan fingerprint density at radius 2 is 2.31 bits per heavy atom. The molecule has 0 aromatic heterocycles. The van der Waals surface area contributed by atoms with E-state index in [1.807, 2.05) is 6.92 Å². The van der Waals surface area contributed by atoms with Crippen LogP contribution < -0.4 is 5.32 Å². The number of hydrogen-bond acceptors (Lipinski definition) is 3. The van der Waals surface area contributed by atoms with E-state index in [1.165, 1.54) is 0 Å². The first-order chi connectivity index (χ1) is 6.33. The highest BCUT2D eigenvalue weighted by atomic mass is 32.2. The van der Waals surface area contributed by atoms with E-state index in [9.17, 15) is 4.21 Å². The highest BCUT2D eigenvalue weighted by Gasteiger charge is 2.18. The van der Waals surface area contributed by atoms with Gasteiger partial charge in [-0.2, -0.15) is 0 Å². The lowest BCUT2D eigenvalue weighted by Gasteiger charge is -2.26. The van der Waals surface area contributed by atoms with Gasteiger partial charge in [0.05, 0.1) is 0 Å². The number of nitrogens with one attached hydrogen (secondary N) is 1. The molecule has 0 radical (unpaired) electrons. The Kier molecular flexibility index (Phi) is 5.58. The molecular weight excluding hydrogens is 186 g/mol. The van der Waals surface area contributed by atoms with Crippen LogP contribution in [0, 0.1) is 5.92 Å². The lowest BCUT2D eigenvalue weighted by Crippen LogP contribution is -2.45. The van der Waals surface area contributed by atoms with Crippen molar-refractivity contribution in [3.8, 4) is 0 Å². The van der Waals surface area contributed by atoms with Crippen molar-refractivity contribution in [1.29, 1.82) is 0 Å². The molecule has 0 aliphatic carbocycles. The quantitative estimate of drug-likeness (QED) is 0.611. The predicted molar refractivity (Wildman–Crippen MR) is 55.3 cm³/mol. The van der Waals surface area contributed by atoms with E-state index in [1.54, 1.807) is 0 Å². The molecule has 78 valence electrons. The summed E-state index contributed by atoms with van der Waals surface area (Å²) >= 11 is 0. The summed E-state index contributed by atoms with van der Waals surface area (Å²) in [5.41, 5.74) is 0. The lowest BCUT2D eigenvalue weighted by atomic mass is 10.1. The maximum Gasteiger partial charge on any atom is 0.0474 e. The van der Waals surface area contributed by atoms with Crippen LogP contribution in [0.2, 0.25) is 0 Å². The van der Waals surface area contributed by atoms with Crippen molar-refractivity contribution in [1.82, 2.24) is 5.32 Å². The average Bonchev–Trinajstić information content (AvgIpc) is 2.06. The van der Waals surface area contributed by atoms with Gasteiger partial charge in [-0.3, -0.25) is 4.21 Å². The summed E-state index contributed by atoms with van der Waals surface area (Å²) in [4.78, 5) is 0. The van der Waals surface area contributed by atoms with Crippen molar-refractivity contribution in [2.75, 3.05) is 37.8 Å². The van der Waals surface area contributed by atoms with Crippen molar-refractivity contribution in [2.24, 2.45) is 5.92 Å². The minimum absolute atomic E-state index is 0.622. The lowest BCUT2D eigenvalue weighted by molar-refractivity contribution is 0.149. The zero-order chi connectivity index (χ0) is 9.52. The Morgan fingerprint density at radius 3 is 2.85 bits per heavy atom. The summed E-state index contributed by atoms with van der Waals surface area (Å²) in [5.74, 6) is 2.34. The molecule has 0 bridgehead atoms. The fraction of sp³-hybridized carbons (Fsp3) is 1.00. The SMILES string of the molecule is CCOCCCS(=O)CC1CNC1. The van der Waals surface area contributed by atoms with Crippen LogP contribution in [0.25, 0.3) is 0 Å². The molecular formula is C9H19NO2S. The molecule has 0 amide bonds. The molecule has 0 saturated carbocycles. The maximum atomic E-state index is 11.4. The second-order valence-corrected chi connectivity index (χ2v) is 5.01. The Bertz CT molecular complexity index is 160. The molecule has 13 heavy (non-hydrogen) atoms. The predicted octanol–water partition coefficient (Wildman–Crippen LogP) is 0.381. The van der Waals surface area contributed by atoms with Gasteiger partial charge in [0.25, 0.3) is 0 Å². The van der Waals surface area contributed by atoms with Crippen LogP contribution >= 0.6 is 0 Å². The first-order valence-electron chi connectivity index (χ1n) is 4.96. The molecule has 0 spiro atoms. The van der Waals surface area contributed by atoms with Crippen molar-refractivity contribution < 1.29 is 8.95 Å². The molecule has 1 fully saturated rings. The summed E-state index contributed by atoms with van der Waals surface area (Å²) in [5, 5.41) is 3.18. The third-order valence-electron chi connectivity index (χ3n) is 2.15. The Balaban J connectivity index is 1.91. The smallest absolute Gasteiger partial charge is 0.0474 e. The normalized spacial score (nSPS) is 19.8. The van der Waals surface area contributed by atoms with Crippen LogP contribution in [0.3, 0.4) is 0 Å². The number of hydrogen-bond donors (Lipinski definition) is 1. The van der Waals surface area contributed by atoms with Crippen LogP contribution in [0.4, 0.5) is 0 Å². The van der Waals surface area contributed by atoms with Crippen molar-refractivity contribution >= 4 is 10.8 Å². The van der Waals surface area contributed by atoms with Crippen molar-refractivity contribution in [3.05, 3.63) is 0 Å². The van der Waals surface area contributed by atoms with Crippen LogP contribution in [-0.2, 0) is 15.5 Å².